The number of nitrogens with zero attached hydrogens (tertiary/aromatic N) is 4. The van der Waals surface area contributed by atoms with Gasteiger partial charge in [0.1, 0.15) is 0 Å². The van der Waals surface area contributed by atoms with Gasteiger partial charge in [0.15, 0.2) is 0 Å². The van der Waals surface area contributed by atoms with Crippen LogP contribution >= 0.6 is 0 Å². The standard InChI is InChI=1S/C65H60N4/c1-48-23-21-35-58(39-48)66(54-27-9-5-10-28-54)60-42-52(44-62(46-60)68(56-31-13-7-14-32-56)64-37-19-17-25-50(64)3)41-53-43-61(67(55-29-11-6-12-30-55)59-36-22-24-49(2)40-59)47-63(45-53)69(57-33-15-8-16-34-57)65-38-20-18-26-51(65)4/h5-17,19-24,27-40,42-47,50H,18,25-26,41H2,1-4H3. The first kappa shape index (κ1) is 44.7. The fourth-order valence-electron chi connectivity index (χ4n) is 9.94. The van der Waals surface area contributed by atoms with Gasteiger partial charge in [-0.1, -0.05) is 122 Å². The molecule has 0 heterocycles. The van der Waals surface area contributed by atoms with Crippen molar-refractivity contribution >= 4 is 56.9 Å². The molecule has 0 fully saturated rings. The van der Waals surface area contributed by atoms with Crippen molar-refractivity contribution in [3.8, 4) is 0 Å². The minimum Gasteiger partial charge on any atom is -0.314 e. The summed E-state index contributed by atoms with van der Waals surface area (Å²) in [5, 5.41) is 0. The van der Waals surface area contributed by atoms with Crippen LogP contribution < -0.4 is 19.6 Å². The summed E-state index contributed by atoms with van der Waals surface area (Å²) in [5.41, 5.74) is 19.9. The van der Waals surface area contributed by atoms with Crippen LogP contribution in [0.2, 0.25) is 0 Å². The van der Waals surface area contributed by atoms with Crippen LogP contribution in [0.1, 0.15) is 55.4 Å². The maximum atomic E-state index is 2.49. The number of anilines is 10. The Bertz CT molecular complexity index is 3170. The highest BCUT2D eigenvalue weighted by Crippen LogP contribution is 2.45. The van der Waals surface area contributed by atoms with E-state index in [1.165, 1.54) is 39.2 Å². The first-order valence-electron chi connectivity index (χ1n) is 24.4. The van der Waals surface area contributed by atoms with Crippen molar-refractivity contribution < 1.29 is 0 Å². The summed E-state index contributed by atoms with van der Waals surface area (Å²) in [6.45, 7) is 8.99. The summed E-state index contributed by atoms with van der Waals surface area (Å²) in [4.78, 5) is 9.79. The van der Waals surface area contributed by atoms with Crippen molar-refractivity contribution in [3.63, 3.8) is 0 Å². The third-order valence-electron chi connectivity index (χ3n) is 13.2. The van der Waals surface area contributed by atoms with Crippen molar-refractivity contribution in [2.45, 2.75) is 53.4 Å². The monoisotopic (exact) mass is 896 g/mol. The van der Waals surface area contributed by atoms with Gasteiger partial charge in [0.25, 0.3) is 0 Å². The van der Waals surface area contributed by atoms with Crippen molar-refractivity contribution in [2.75, 3.05) is 19.6 Å². The van der Waals surface area contributed by atoms with Crippen LogP contribution in [-0.4, -0.2) is 0 Å². The molecule has 1 atom stereocenters. The molecule has 2 aliphatic rings. The minimum atomic E-state index is 0.324. The summed E-state index contributed by atoms with van der Waals surface area (Å²) in [7, 11) is 0. The topological polar surface area (TPSA) is 13.0 Å². The number of rotatable bonds is 14. The summed E-state index contributed by atoms with van der Waals surface area (Å²) < 4.78 is 0. The molecular weight excluding hydrogens is 837 g/mol. The van der Waals surface area contributed by atoms with Gasteiger partial charge >= 0.3 is 0 Å². The van der Waals surface area contributed by atoms with Crippen molar-refractivity contribution in [1.29, 1.82) is 0 Å². The molecule has 4 nitrogen and oxygen atoms in total. The smallest absolute Gasteiger partial charge is 0.0485 e. The van der Waals surface area contributed by atoms with Gasteiger partial charge in [0.05, 0.1) is 0 Å². The molecule has 0 spiro atoms. The van der Waals surface area contributed by atoms with Gasteiger partial charge in [0.2, 0.25) is 0 Å². The quantitative estimate of drug-likeness (QED) is 0.108. The lowest BCUT2D eigenvalue weighted by molar-refractivity contribution is 0.670. The average molecular weight is 897 g/mol. The summed E-state index contributed by atoms with van der Waals surface area (Å²) in [5.74, 6) is 0.324. The summed E-state index contributed by atoms with van der Waals surface area (Å²) in [6.07, 6.45) is 15.2. The van der Waals surface area contributed by atoms with E-state index in [1.54, 1.807) is 0 Å². The van der Waals surface area contributed by atoms with Crippen LogP contribution in [0.25, 0.3) is 0 Å². The molecule has 340 valence electrons. The number of hydrogen-bond donors (Lipinski definition) is 0. The Kier molecular flexibility index (Phi) is 13.2. The molecule has 69 heavy (non-hydrogen) atoms. The molecule has 0 saturated carbocycles. The van der Waals surface area contributed by atoms with Crippen molar-refractivity contribution in [3.05, 3.63) is 276 Å². The SMILES string of the molecule is CC1=C(N(c2ccccc2)c2cc(Cc3cc(N(C4=CC=CCC4C)c4ccccc4)cc(N(c4ccccc4)c4cccc(C)c4)c3)cc(N(c3ccccc3)c3cccc(C)c3)c2)C=CCC1. The van der Waals surface area contributed by atoms with E-state index in [2.05, 4.69) is 284 Å². The average Bonchev–Trinajstić information content (AvgIpc) is 3.37. The molecule has 0 radical (unpaired) electrons. The molecule has 0 saturated heterocycles. The first-order valence-corrected chi connectivity index (χ1v) is 24.4. The lowest BCUT2D eigenvalue weighted by Crippen LogP contribution is -2.23. The highest BCUT2D eigenvalue weighted by molar-refractivity contribution is 5.84. The third kappa shape index (κ3) is 9.98. The molecule has 2 aliphatic carbocycles. The second kappa shape index (κ2) is 20.4. The van der Waals surface area contributed by atoms with E-state index in [1.807, 2.05) is 0 Å². The normalized spacial score (nSPS) is 14.3. The Labute approximate surface area is 409 Å². The highest BCUT2D eigenvalue weighted by atomic mass is 15.2. The minimum absolute atomic E-state index is 0.324. The van der Waals surface area contributed by atoms with Gasteiger partial charge in [0, 0.05) is 74.2 Å². The van der Waals surface area contributed by atoms with Gasteiger partial charge in [-0.05, 0) is 196 Å². The molecule has 8 aromatic carbocycles. The lowest BCUT2D eigenvalue weighted by Gasteiger charge is -2.34. The number of hydrogen-bond acceptors (Lipinski definition) is 4. The molecule has 8 aromatic rings. The van der Waals surface area contributed by atoms with Crippen LogP contribution in [0.3, 0.4) is 0 Å². The zero-order chi connectivity index (χ0) is 47.1. The first-order chi connectivity index (χ1) is 33.9. The van der Waals surface area contributed by atoms with Crippen LogP contribution in [0.4, 0.5) is 56.9 Å². The van der Waals surface area contributed by atoms with E-state index in [0.29, 0.717) is 12.3 Å². The Morgan fingerprint density at radius 2 is 0.826 bits per heavy atom. The maximum Gasteiger partial charge on any atom is 0.0485 e. The van der Waals surface area contributed by atoms with Gasteiger partial charge < -0.3 is 19.6 Å². The number of aryl methyl sites for hydroxylation is 2. The fourth-order valence-corrected chi connectivity index (χ4v) is 9.94. The molecule has 1 unspecified atom stereocenters. The second-order valence-electron chi connectivity index (χ2n) is 18.5. The van der Waals surface area contributed by atoms with Crippen LogP contribution in [0.5, 0.6) is 0 Å². The van der Waals surface area contributed by atoms with Gasteiger partial charge in [-0.2, -0.15) is 0 Å². The highest BCUT2D eigenvalue weighted by Gasteiger charge is 2.25. The molecule has 0 aliphatic heterocycles. The molecule has 4 heteroatoms. The van der Waals surface area contributed by atoms with E-state index >= 15 is 0 Å². The van der Waals surface area contributed by atoms with Gasteiger partial charge in [-0.15, -0.1) is 0 Å². The van der Waals surface area contributed by atoms with E-state index in [-0.39, 0.29) is 0 Å². The molecule has 0 aromatic heterocycles. The van der Waals surface area contributed by atoms with Crippen molar-refractivity contribution in [1.82, 2.24) is 0 Å². The van der Waals surface area contributed by atoms with Crippen LogP contribution in [-0.2, 0) is 6.42 Å². The van der Waals surface area contributed by atoms with E-state index in [4.69, 9.17) is 0 Å². The Morgan fingerprint density at radius 3 is 1.28 bits per heavy atom. The summed E-state index contributed by atoms with van der Waals surface area (Å²) >= 11 is 0. The van der Waals surface area contributed by atoms with Gasteiger partial charge in [-0.25, -0.2) is 0 Å². The number of allylic oxidation sites excluding steroid dienone is 7. The number of benzene rings is 8. The lowest BCUT2D eigenvalue weighted by atomic mass is 9.95. The van der Waals surface area contributed by atoms with Crippen molar-refractivity contribution in [2.24, 2.45) is 5.92 Å². The zero-order valence-corrected chi connectivity index (χ0v) is 40.2. The molecule has 0 N–H and O–H groups in total. The Balaban J connectivity index is 1.22. The Morgan fingerprint density at radius 1 is 0.406 bits per heavy atom. The van der Waals surface area contributed by atoms with E-state index < -0.39 is 0 Å². The van der Waals surface area contributed by atoms with Crippen LogP contribution in [0.15, 0.2) is 254 Å². The third-order valence-corrected chi connectivity index (χ3v) is 13.2. The van der Waals surface area contributed by atoms with Crippen LogP contribution in [0, 0.1) is 19.8 Å². The molecular formula is C65H60N4. The fraction of sp³-hybridized carbons (Fsp3) is 0.138. The molecule has 0 amide bonds. The summed E-state index contributed by atoms with van der Waals surface area (Å²) in [6, 6.07) is 75.5. The molecule has 0 bridgehead atoms. The molecule has 10 rings (SSSR count). The van der Waals surface area contributed by atoms with Gasteiger partial charge in [-0.3, -0.25) is 0 Å². The largest absolute Gasteiger partial charge is 0.314 e. The van der Waals surface area contributed by atoms with E-state index in [0.717, 1.165) is 76.1 Å². The Hall–Kier alpha value is -8.08. The van der Waals surface area contributed by atoms with E-state index in [9.17, 15) is 0 Å². The zero-order valence-electron chi connectivity index (χ0n) is 40.2. The second-order valence-corrected chi connectivity index (χ2v) is 18.5. The maximum absolute atomic E-state index is 2.49. The number of para-hydroxylation sites is 4. The predicted octanol–water partition coefficient (Wildman–Crippen LogP) is 18.2. The predicted molar refractivity (Wildman–Crippen MR) is 294 cm³/mol.